The Labute approximate surface area is 121 Å². The predicted octanol–water partition coefficient (Wildman–Crippen LogP) is 1.86. The molecule has 0 heterocycles. The first-order chi connectivity index (χ1) is 10.1. The average molecular weight is 289 g/mol. The van der Waals surface area contributed by atoms with Crippen LogP contribution in [0.1, 0.15) is 15.9 Å². The molecule has 110 valence electrons. The van der Waals surface area contributed by atoms with Crippen molar-refractivity contribution in [3.63, 3.8) is 0 Å². The second-order valence-electron chi connectivity index (χ2n) is 4.70. The molecule has 4 nitrogen and oxygen atoms in total. The zero-order valence-electron chi connectivity index (χ0n) is 11.3. The fourth-order valence-corrected chi connectivity index (χ4v) is 2.02. The quantitative estimate of drug-likeness (QED) is 0.787. The second-order valence-corrected chi connectivity index (χ2v) is 4.70. The van der Waals surface area contributed by atoms with Crippen LogP contribution in [-0.4, -0.2) is 28.8 Å². The lowest BCUT2D eigenvalue weighted by Gasteiger charge is -2.17. The molecule has 0 saturated carbocycles. The van der Waals surface area contributed by atoms with Gasteiger partial charge in [-0.3, -0.25) is 4.79 Å². The van der Waals surface area contributed by atoms with Crippen LogP contribution in [0.15, 0.2) is 48.5 Å². The van der Waals surface area contributed by atoms with Crippen LogP contribution in [0.4, 0.5) is 4.39 Å². The van der Waals surface area contributed by atoms with E-state index in [0.717, 1.165) is 17.7 Å². The first kappa shape index (κ1) is 15.0. The minimum atomic E-state index is -0.618. The monoisotopic (exact) mass is 289 g/mol. The summed E-state index contributed by atoms with van der Waals surface area (Å²) in [4.78, 5) is 12.0. The number of phenols is 1. The second kappa shape index (κ2) is 6.85. The largest absolute Gasteiger partial charge is 0.507 e. The highest BCUT2D eigenvalue weighted by molar-refractivity contribution is 5.96. The van der Waals surface area contributed by atoms with Gasteiger partial charge < -0.3 is 15.5 Å². The lowest BCUT2D eigenvalue weighted by atomic mass is 10.1. The Kier molecular flexibility index (Phi) is 4.90. The van der Waals surface area contributed by atoms with Crippen LogP contribution in [0, 0.1) is 5.82 Å². The van der Waals surface area contributed by atoms with Crippen molar-refractivity contribution in [1.82, 2.24) is 5.32 Å². The van der Waals surface area contributed by atoms with E-state index in [2.05, 4.69) is 5.32 Å². The molecular formula is C16H16FNO3. The van der Waals surface area contributed by atoms with Gasteiger partial charge in [0, 0.05) is 6.07 Å². The Morgan fingerprint density at radius 1 is 1.19 bits per heavy atom. The Balaban J connectivity index is 2.06. The molecule has 1 atom stereocenters. The maximum absolute atomic E-state index is 12.9. The highest BCUT2D eigenvalue weighted by Gasteiger charge is 2.16. The summed E-state index contributed by atoms with van der Waals surface area (Å²) >= 11 is 0. The molecule has 2 aromatic rings. The lowest BCUT2D eigenvalue weighted by Crippen LogP contribution is -2.39. The minimum absolute atomic E-state index is 0.0251. The zero-order valence-corrected chi connectivity index (χ0v) is 11.3. The molecule has 2 aromatic carbocycles. The van der Waals surface area contributed by atoms with Gasteiger partial charge in [0.05, 0.1) is 18.2 Å². The van der Waals surface area contributed by atoms with E-state index in [-0.39, 0.29) is 12.2 Å². The molecule has 0 aromatic heterocycles. The van der Waals surface area contributed by atoms with E-state index in [4.69, 9.17) is 0 Å². The lowest BCUT2D eigenvalue weighted by molar-refractivity contribution is 0.0913. The van der Waals surface area contributed by atoms with Gasteiger partial charge >= 0.3 is 0 Å². The standard InChI is InChI=1S/C16H16FNO3/c17-12-6-7-14(15(20)9-12)16(21)18-13(10-19)8-11-4-2-1-3-5-11/h1-7,9,13,19-20H,8,10H2,(H,18,21)/t13-/m0/s1. The predicted molar refractivity (Wildman–Crippen MR) is 76.6 cm³/mol. The molecule has 0 radical (unpaired) electrons. The van der Waals surface area contributed by atoms with E-state index >= 15 is 0 Å². The molecule has 0 aliphatic heterocycles. The molecule has 0 aliphatic carbocycles. The number of aliphatic hydroxyl groups excluding tert-OH is 1. The number of carbonyl (C=O) groups excluding carboxylic acids is 1. The topological polar surface area (TPSA) is 69.6 Å². The SMILES string of the molecule is O=C(N[C@H](CO)Cc1ccccc1)c1ccc(F)cc1O. The minimum Gasteiger partial charge on any atom is -0.507 e. The Bertz CT molecular complexity index is 616. The van der Waals surface area contributed by atoms with Crippen molar-refractivity contribution in [2.45, 2.75) is 12.5 Å². The van der Waals surface area contributed by atoms with Crippen molar-refractivity contribution in [3.8, 4) is 5.75 Å². The van der Waals surface area contributed by atoms with Crippen molar-refractivity contribution in [2.24, 2.45) is 0 Å². The van der Waals surface area contributed by atoms with Crippen LogP contribution in [-0.2, 0) is 6.42 Å². The average Bonchev–Trinajstić information content (AvgIpc) is 2.47. The maximum atomic E-state index is 12.9. The van der Waals surface area contributed by atoms with Crippen molar-refractivity contribution in [3.05, 3.63) is 65.5 Å². The van der Waals surface area contributed by atoms with E-state index in [1.165, 1.54) is 6.07 Å². The highest BCUT2D eigenvalue weighted by Crippen LogP contribution is 2.18. The van der Waals surface area contributed by atoms with E-state index in [0.29, 0.717) is 6.42 Å². The Hall–Kier alpha value is -2.40. The van der Waals surface area contributed by atoms with Crippen LogP contribution < -0.4 is 5.32 Å². The van der Waals surface area contributed by atoms with Crippen LogP contribution in [0.3, 0.4) is 0 Å². The van der Waals surface area contributed by atoms with Gasteiger partial charge in [-0.25, -0.2) is 4.39 Å². The summed E-state index contributed by atoms with van der Waals surface area (Å²) in [6.07, 6.45) is 0.463. The smallest absolute Gasteiger partial charge is 0.255 e. The van der Waals surface area contributed by atoms with Crippen molar-refractivity contribution in [2.75, 3.05) is 6.61 Å². The van der Waals surface area contributed by atoms with Gasteiger partial charge in [-0.1, -0.05) is 30.3 Å². The molecule has 1 amide bonds. The summed E-state index contributed by atoms with van der Waals surface area (Å²) in [7, 11) is 0. The molecule has 3 N–H and O–H groups in total. The number of aliphatic hydroxyl groups is 1. The van der Waals surface area contributed by atoms with Gasteiger partial charge in [0.15, 0.2) is 0 Å². The van der Waals surface area contributed by atoms with Gasteiger partial charge in [-0.2, -0.15) is 0 Å². The van der Waals surface area contributed by atoms with Crippen molar-refractivity contribution >= 4 is 5.91 Å². The van der Waals surface area contributed by atoms with E-state index < -0.39 is 23.5 Å². The van der Waals surface area contributed by atoms with Gasteiger partial charge in [0.2, 0.25) is 0 Å². The van der Waals surface area contributed by atoms with Crippen LogP contribution in [0.5, 0.6) is 5.75 Å². The fraction of sp³-hybridized carbons (Fsp3) is 0.188. The van der Waals surface area contributed by atoms with Gasteiger partial charge in [0.25, 0.3) is 5.91 Å². The molecule has 0 fully saturated rings. The molecule has 0 unspecified atom stereocenters. The van der Waals surface area contributed by atoms with Gasteiger partial charge in [-0.05, 0) is 24.1 Å². The number of benzene rings is 2. The summed E-state index contributed by atoms with van der Waals surface area (Å²) in [5.74, 6) is -1.60. The number of aromatic hydroxyl groups is 1. The molecule has 0 spiro atoms. The molecule has 21 heavy (non-hydrogen) atoms. The molecule has 5 heteroatoms. The summed E-state index contributed by atoms with van der Waals surface area (Å²) in [5, 5.41) is 21.6. The van der Waals surface area contributed by atoms with Crippen molar-refractivity contribution < 1.29 is 19.4 Å². The number of nitrogens with one attached hydrogen (secondary N) is 1. The van der Waals surface area contributed by atoms with Gasteiger partial charge in [-0.15, -0.1) is 0 Å². The summed E-state index contributed by atoms with van der Waals surface area (Å²) in [6, 6.07) is 12.1. The van der Waals surface area contributed by atoms with Crippen molar-refractivity contribution in [1.29, 1.82) is 0 Å². The van der Waals surface area contributed by atoms with E-state index in [1.54, 1.807) is 0 Å². The number of amides is 1. The number of phenolic OH excluding ortho intramolecular Hbond substituents is 1. The van der Waals surface area contributed by atoms with Crippen LogP contribution in [0.2, 0.25) is 0 Å². The Morgan fingerprint density at radius 2 is 1.90 bits per heavy atom. The third kappa shape index (κ3) is 4.03. The summed E-state index contributed by atoms with van der Waals surface area (Å²) < 4.78 is 12.9. The third-order valence-corrected chi connectivity index (χ3v) is 3.08. The van der Waals surface area contributed by atoms with Gasteiger partial charge in [0.1, 0.15) is 11.6 Å². The number of carbonyl (C=O) groups is 1. The Morgan fingerprint density at radius 3 is 2.52 bits per heavy atom. The zero-order chi connectivity index (χ0) is 15.2. The van der Waals surface area contributed by atoms with Crippen LogP contribution in [0.25, 0.3) is 0 Å². The number of hydrogen-bond acceptors (Lipinski definition) is 3. The molecule has 0 bridgehead atoms. The third-order valence-electron chi connectivity index (χ3n) is 3.08. The summed E-state index contributed by atoms with van der Waals surface area (Å²) in [5.41, 5.74) is 0.947. The number of rotatable bonds is 5. The molecule has 0 saturated heterocycles. The first-order valence-electron chi connectivity index (χ1n) is 6.54. The molecule has 0 aliphatic rings. The van der Waals surface area contributed by atoms with E-state index in [1.807, 2.05) is 30.3 Å². The maximum Gasteiger partial charge on any atom is 0.255 e. The molecule has 2 rings (SSSR count). The molecular weight excluding hydrogens is 273 g/mol. The van der Waals surface area contributed by atoms with Crippen LogP contribution >= 0.6 is 0 Å². The van der Waals surface area contributed by atoms with E-state index in [9.17, 15) is 19.4 Å². The summed E-state index contributed by atoms with van der Waals surface area (Å²) in [6.45, 7) is -0.234. The fourth-order valence-electron chi connectivity index (χ4n) is 2.02. The first-order valence-corrected chi connectivity index (χ1v) is 6.54. The number of hydrogen-bond donors (Lipinski definition) is 3. The highest BCUT2D eigenvalue weighted by atomic mass is 19.1. The number of halogens is 1. The normalized spacial score (nSPS) is 11.9.